The minimum absolute atomic E-state index is 0.128. The zero-order valence-electron chi connectivity index (χ0n) is 15.1. The van der Waals surface area contributed by atoms with Crippen molar-refractivity contribution in [1.29, 1.82) is 0 Å². The van der Waals surface area contributed by atoms with Crippen molar-refractivity contribution in [3.05, 3.63) is 47.3 Å². The van der Waals surface area contributed by atoms with E-state index >= 15 is 0 Å². The lowest BCUT2D eigenvalue weighted by atomic mass is 10.0. The van der Waals surface area contributed by atoms with Crippen LogP contribution in [0.25, 0.3) is 21.9 Å². The van der Waals surface area contributed by atoms with Crippen molar-refractivity contribution >= 4 is 28.1 Å². The highest BCUT2D eigenvalue weighted by molar-refractivity contribution is 5.97. The van der Waals surface area contributed by atoms with Crippen molar-refractivity contribution in [2.75, 3.05) is 13.7 Å². The van der Waals surface area contributed by atoms with Gasteiger partial charge in [-0.2, -0.15) is 0 Å². The number of methoxy groups -OCH3 is 1. The Hall–Kier alpha value is -3.61. The van der Waals surface area contributed by atoms with Gasteiger partial charge in [-0.05, 0) is 23.8 Å². The molecular weight excluding hydrogens is 360 g/mol. The predicted octanol–water partition coefficient (Wildman–Crippen LogP) is 3.54. The molecule has 3 heterocycles. The molecule has 0 saturated carbocycles. The quantitative estimate of drug-likeness (QED) is 0.506. The molecule has 0 amide bonds. The van der Waals surface area contributed by atoms with Crippen LogP contribution >= 0.6 is 0 Å². The van der Waals surface area contributed by atoms with Crippen molar-refractivity contribution in [2.24, 2.45) is 4.99 Å². The van der Waals surface area contributed by atoms with Crippen LogP contribution in [0.3, 0.4) is 0 Å². The summed E-state index contributed by atoms with van der Waals surface area (Å²) in [7, 11) is 1.62. The second-order valence-electron chi connectivity index (χ2n) is 6.82. The van der Waals surface area contributed by atoms with E-state index in [-0.39, 0.29) is 28.2 Å². The zero-order chi connectivity index (χ0) is 19.4. The molecule has 2 aromatic carbocycles. The number of furan rings is 1. The summed E-state index contributed by atoms with van der Waals surface area (Å²) < 4.78 is 13.4. The molecule has 2 aromatic heterocycles. The topological polar surface area (TPSA) is 100 Å². The van der Waals surface area contributed by atoms with Gasteiger partial charge < -0.3 is 29.0 Å². The Morgan fingerprint density at radius 2 is 2.04 bits per heavy atom. The summed E-state index contributed by atoms with van der Waals surface area (Å²) in [5, 5.41) is 31.6. The van der Waals surface area contributed by atoms with Crippen LogP contribution in [-0.2, 0) is 13.0 Å². The Labute approximate surface area is 159 Å². The normalized spacial score (nSPS) is 13.3. The SMILES string of the molecule is COc1ccc2c(c1)c(Cc1oc3cc(O)cc(O)c3c1O)c1n2CCN=C1. The van der Waals surface area contributed by atoms with Gasteiger partial charge in [-0.1, -0.05) is 0 Å². The van der Waals surface area contributed by atoms with E-state index < -0.39 is 0 Å². The zero-order valence-corrected chi connectivity index (χ0v) is 15.1. The van der Waals surface area contributed by atoms with E-state index in [9.17, 15) is 15.3 Å². The third-order valence-electron chi connectivity index (χ3n) is 5.22. The largest absolute Gasteiger partial charge is 0.508 e. The summed E-state index contributed by atoms with van der Waals surface area (Å²) in [6.07, 6.45) is 2.15. The molecule has 0 fully saturated rings. The Kier molecular flexibility index (Phi) is 3.52. The second-order valence-corrected chi connectivity index (χ2v) is 6.82. The van der Waals surface area contributed by atoms with Gasteiger partial charge in [0, 0.05) is 42.2 Å². The summed E-state index contributed by atoms with van der Waals surface area (Å²) in [6.45, 7) is 1.49. The highest BCUT2D eigenvalue weighted by Crippen LogP contribution is 2.42. The molecule has 5 rings (SSSR count). The lowest BCUT2D eigenvalue weighted by Crippen LogP contribution is -2.11. The molecule has 4 aromatic rings. The minimum Gasteiger partial charge on any atom is -0.508 e. The van der Waals surface area contributed by atoms with Gasteiger partial charge in [-0.25, -0.2) is 0 Å². The molecule has 1 aliphatic heterocycles. The van der Waals surface area contributed by atoms with E-state index in [1.54, 1.807) is 7.11 Å². The van der Waals surface area contributed by atoms with Gasteiger partial charge in [-0.15, -0.1) is 0 Å². The third-order valence-corrected chi connectivity index (χ3v) is 5.22. The van der Waals surface area contributed by atoms with Crippen LogP contribution in [0.5, 0.6) is 23.0 Å². The first-order valence-corrected chi connectivity index (χ1v) is 8.92. The van der Waals surface area contributed by atoms with E-state index in [1.807, 2.05) is 24.4 Å². The highest BCUT2D eigenvalue weighted by Gasteiger charge is 2.23. The molecule has 7 heteroatoms. The average Bonchev–Trinajstić information content (AvgIpc) is 3.17. The predicted molar refractivity (Wildman–Crippen MR) is 105 cm³/mol. The summed E-state index contributed by atoms with van der Waals surface area (Å²) in [5.41, 5.74) is 3.21. The van der Waals surface area contributed by atoms with Gasteiger partial charge in [-0.3, -0.25) is 4.99 Å². The molecule has 1 aliphatic rings. The van der Waals surface area contributed by atoms with Gasteiger partial charge in [0.25, 0.3) is 0 Å². The van der Waals surface area contributed by atoms with Crippen molar-refractivity contribution in [3.8, 4) is 23.0 Å². The van der Waals surface area contributed by atoms with E-state index in [1.165, 1.54) is 12.1 Å². The summed E-state index contributed by atoms with van der Waals surface area (Å²) in [4.78, 5) is 4.41. The minimum atomic E-state index is -0.227. The van der Waals surface area contributed by atoms with Crippen LogP contribution in [-0.4, -0.2) is 39.8 Å². The van der Waals surface area contributed by atoms with Gasteiger partial charge in [0.15, 0.2) is 11.5 Å². The molecule has 0 bridgehead atoms. The number of phenols is 2. The first kappa shape index (κ1) is 16.6. The molecule has 0 saturated heterocycles. The Morgan fingerprint density at radius 1 is 1.18 bits per heavy atom. The first-order valence-electron chi connectivity index (χ1n) is 8.92. The molecule has 0 spiro atoms. The van der Waals surface area contributed by atoms with Gasteiger partial charge >= 0.3 is 0 Å². The summed E-state index contributed by atoms with van der Waals surface area (Å²) in [6, 6.07) is 8.45. The molecule has 0 unspecified atom stereocenters. The Bertz CT molecular complexity index is 1270. The average molecular weight is 378 g/mol. The van der Waals surface area contributed by atoms with E-state index in [0.29, 0.717) is 18.7 Å². The van der Waals surface area contributed by atoms with Crippen molar-refractivity contribution in [2.45, 2.75) is 13.0 Å². The van der Waals surface area contributed by atoms with Crippen LogP contribution in [0.15, 0.2) is 39.7 Å². The maximum absolute atomic E-state index is 10.6. The maximum atomic E-state index is 10.6. The third kappa shape index (κ3) is 2.32. The number of phenolic OH excluding ortho intramolecular Hbond substituents is 2. The van der Waals surface area contributed by atoms with Crippen LogP contribution in [0.2, 0.25) is 0 Å². The maximum Gasteiger partial charge on any atom is 0.169 e. The molecule has 0 radical (unpaired) electrons. The fraction of sp³-hybridized carbons (Fsp3) is 0.190. The fourth-order valence-corrected chi connectivity index (χ4v) is 3.94. The van der Waals surface area contributed by atoms with Crippen LogP contribution < -0.4 is 4.74 Å². The smallest absolute Gasteiger partial charge is 0.169 e. The molecule has 3 N–H and O–H groups in total. The Morgan fingerprint density at radius 3 is 2.86 bits per heavy atom. The van der Waals surface area contributed by atoms with Crippen LogP contribution in [0.1, 0.15) is 17.0 Å². The van der Waals surface area contributed by atoms with Crippen molar-refractivity contribution < 1.29 is 24.5 Å². The molecule has 142 valence electrons. The summed E-state index contributed by atoms with van der Waals surface area (Å²) >= 11 is 0. The van der Waals surface area contributed by atoms with Crippen LogP contribution in [0, 0.1) is 0 Å². The van der Waals surface area contributed by atoms with Crippen molar-refractivity contribution in [1.82, 2.24) is 4.57 Å². The van der Waals surface area contributed by atoms with Gasteiger partial charge in [0.1, 0.15) is 28.2 Å². The number of aromatic nitrogens is 1. The van der Waals surface area contributed by atoms with Crippen LogP contribution in [0.4, 0.5) is 0 Å². The van der Waals surface area contributed by atoms with Gasteiger partial charge in [0.05, 0.1) is 19.3 Å². The number of benzene rings is 2. The Balaban J connectivity index is 1.72. The molecule has 0 atom stereocenters. The standard InChI is InChI=1S/C21H18N2O5/c1-27-12-2-3-15-13(8-12)14(16-10-22-4-5-23(15)16)9-19-21(26)20-17(25)6-11(24)7-18(20)28-19/h2-3,6-8,10,24-26H,4-5,9H2,1H3. The monoisotopic (exact) mass is 378 g/mol. The lowest BCUT2D eigenvalue weighted by molar-refractivity contribution is 0.415. The van der Waals surface area contributed by atoms with E-state index in [0.717, 1.165) is 34.5 Å². The number of hydrogen-bond donors (Lipinski definition) is 3. The molecule has 7 nitrogen and oxygen atoms in total. The highest BCUT2D eigenvalue weighted by atomic mass is 16.5. The molecular formula is C21H18N2O5. The number of aliphatic imine (C=N–C) groups is 1. The second kappa shape index (κ2) is 5.95. The number of fused-ring (bicyclic) bond motifs is 4. The summed E-state index contributed by atoms with van der Waals surface area (Å²) in [5.74, 6) is 0.567. The lowest BCUT2D eigenvalue weighted by Gasteiger charge is -2.11. The van der Waals surface area contributed by atoms with E-state index in [2.05, 4.69) is 9.56 Å². The molecule has 0 aliphatic carbocycles. The first-order chi connectivity index (χ1) is 13.6. The van der Waals surface area contributed by atoms with Gasteiger partial charge in [0.2, 0.25) is 0 Å². The number of ether oxygens (including phenoxy) is 1. The fourth-order valence-electron chi connectivity index (χ4n) is 3.94. The van der Waals surface area contributed by atoms with E-state index in [4.69, 9.17) is 9.15 Å². The number of aromatic hydroxyl groups is 3. The number of nitrogens with zero attached hydrogens (tertiary/aromatic N) is 2. The van der Waals surface area contributed by atoms with Crippen molar-refractivity contribution in [3.63, 3.8) is 0 Å². The number of rotatable bonds is 3. The number of hydrogen-bond acceptors (Lipinski definition) is 6. The molecule has 28 heavy (non-hydrogen) atoms.